The molecule has 1 saturated heterocycles. The molecule has 252 valence electrons. The maximum absolute atomic E-state index is 15.0. The SMILES string of the molecule is COc1ccc(COc2c(F)cc(C(=O)NCC34CCC(c5noc(-c6cccc(N7CCNCC7)c6)n5)(CC3)CC4)c(F)c2F)cc1. The van der Waals surface area contributed by atoms with Gasteiger partial charge in [-0.1, -0.05) is 23.4 Å². The van der Waals surface area contributed by atoms with Crippen molar-refractivity contribution in [3.8, 4) is 23.0 Å². The summed E-state index contributed by atoms with van der Waals surface area (Å²) in [5.74, 6) is -4.05. The maximum Gasteiger partial charge on any atom is 0.258 e. The highest BCUT2D eigenvalue weighted by molar-refractivity contribution is 5.94. The van der Waals surface area contributed by atoms with Gasteiger partial charge in [-0.25, -0.2) is 8.78 Å². The number of methoxy groups -OCH3 is 1. The first-order valence-corrected chi connectivity index (χ1v) is 16.4. The van der Waals surface area contributed by atoms with E-state index in [1.165, 1.54) is 7.11 Å². The molecule has 8 rings (SSSR count). The molecule has 2 heterocycles. The molecule has 0 unspecified atom stereocenters. The largest absolute Gasteiger partial charge is 0.497 e. The normalized spacial score (nSPS) is 22.0. The van der Waals surface area contributed by atoms with Gasteiger partial charge in [-0.15, -0.1) is 0 Å². The molecule has 1 amide bonds. The third-order valence-electron chi connectivity index (χ3n) is 10.4. The zero-order valence-corrected chi connectivity index (χ0v) is 26.8. The molecule has 3 aliphatic carbocycles. The Bertz CT molecular complexity index is 1770. The van der Waals surface area contributed by atoms with Crippen LogP contribution in [0.25, 0.3) is 11.5 Å². The predicted octanol–water partition coefficient (Wildman–Crippen LogP) is 6.17. The van der Waals surface area contributed by atoms with Crippen LogP contribution in [-0.4, -0.2) is 55.9 Å². The van der Waals surface area contributed by atoms with Crippen molar-refractivity contribution in [1.29, 1.82) is 0 Å². The van der Waals surface area contributed by atoms with Crippen LogP contribution < -0.4 is 25.0 Å². The van der Waals surface area contributed by atoms with Crippen LogP contribution >= 0.6 is 0 Å². The van der Waals surface area contributed by atoms with Gasteiger partial charge in [-0.05, 0) is 85.9 Å². The highest BCUT2D eigenvalue weighted by Gasteiger charge is 2.51. The van der Waals surface area contributed by atoms with Crippen LogP contribution in [0.2, 0.25) is 0 Å². The van der Waals surface area contributed by atoms with Gasteiger partial charge in [-0.2, -0.15) is 9.37 Å². The van der Waals surface area contributed by atoms with Gasteiger partial charge in [0, 0.05) is 49.4 Å². The molecule has 48 heavy (non-hydrogen) atoms. The topological polar surface area (TPSA) is 102 Å². The molecule has 0 atom stereocenters. The number of amides is 1. The molecular formula is C36H38F3N5O4. The van der Waals surface area contributed by atoms with Crippen molar-refractivity contribution in [3.63, 3.8) is 0 Å². The van der Waals surface area contributed by atoms with Crippen LogP contribution in [-0.2, 0) is 12.0 Å². The summed E-state index contributed by atoms with van der Waals surface area (Å²) < 4.78 is 60.9. The van der Waals surface area contributed by atoms with Gasteiger partial charge in [0.2, 0.25) is 5.82 Å². The number of nitrogens with zero attached hydrogens (tertiary/aromatic N) is 3. The maximum atomic E-state index is 15.0. The van der Waals surface area contributed by atoms with E-state index >= 15 is 4.39 Å². The van der Waals surface area contributed by atoms with E-state index in [1.807, 2.05) is 12.1 Å². The van der Waals surface area contributed by atoms with Crippen molar-refractivity contribution in [3.05, 3.63) is 89.0 Å². The molecule has 0 radical (unpaired) electrons. The Morgan fingerprint density at radius 1 is 0.979 bits per heavy atom. The number of halogens is 3. The lowest BCUT2D eigenvalue weighted by Gasteiger charge is -2.52. The van der Waals surface area contributed by atoms with Gasteiger partial charge in [0.05, 0.1) is 12.7 Å². The molecule has 1 aliphatic heterocycles. The molecule has 3 saturated carbocycles. The highest BCUT2D eigenvalue weighted by atomic mass is 19.2. The third kappa shape index (κ3) is 6.21. The number of benzene rings is 3. The molecule has 2 bridgehead atoms. The number of rotatable bonds is 10. The summed E-state index contributed by atoms with van der Waals surface area (Å²) >= 11 is 0. The van der Waals surface area contributed by atoms with Gasteiger partial charge in [0.1, 0.15) is 12.4 Å². The zero-order chi connectivity index (χ0) is 33.3. The van der Waals surface area contributed by atoms with Crippen LogP contribution in [0.1, 0.15) is 60.3 Å². The Hall–Kier alpha value is -4.58. The minimum absolute atomic E-state index is 0.192. The van der Waals surface area contributed by atoms with Gasteiger partial charge in [0.15, 0.2) is 23.2 Å². The van der Waals surface area contributed by atoms with E-state index in [9.17, 15) is 13.6 Å². The second-order valence-electron chi connectivity index (χ2n) is 13.2. The second-order valence-corrected chi connectivity index (χ2v) is 13.2. The van der Waals surface area contributed by atoms with E-state index in [0.717, 1.165) is 76.0 Å². The monoisotopic (exact) mass is 661 g/mol. The molecule has 4 aliphatic rings. The van der Waals surface area contributed by atoms with Gasteiger partial charge >= 0.3 is 0 Å². The van der Waals surface area contributed by atoms with Crippen molar-refractivity contribution < 1.29 is 32.0 Å². The second kappa shape index (κ2) is 13.1. The number of ether oxygens (including phenoxy) is 2. The van der Waals surface area contributed by atoms with Crippen molar-refractivity contribution in [2.75, 3.05) is 44.7 Å². The number of hydrogen-bond acceptors (Lipinski definition) is 8. The number of carbonyl (C=O) groups excluding carboxylic acids is 1. The van der Waals surface area contributed by atoms with Crippen molar-refractivity contribution >= 4 is 11.6 Å². The summed E-state index contributed by atoms with van der Waals surface area (Å²) in [6.45, 7) is 3.87. The Balaban J connectivity index is 0.966. The minimum atomic E-state index is -1.54. The fourth-order valence-electron chi connectivity index (χ4n) is 7.29. The van der Waals surface area contributed by atoms with Crippen molar-refractivity contribution in [2.24, 2.45) is 5.41 Å². The van der Waals surface area contributed by atoms with Gasteiger partial charge in [-0.3, -0.25) is 4.79 Å². The number of anilines is 1. The van der Waals surface area contributed by atoms with Crippen molar-refractivity contribution in [2.45, 2.75) is 50.5 Å². The molecule has 9 nitrogen and oxygen atoms in total. The van der Waals surface area contributed by atoms with Gasteiger partial charge < -0.3 is 29.5 Å². The first kappa shape index (κ1) is 32.0. The number of fused-ring (bicyclic) bond motifs is 3. The van der Waals surface area contributed by atoms with Gasteiger partial charge in [0.25, 0.3) is 11.8 Å². The highest BCUT2D eigenvalue weighted by Crippen LogP contribution is 2.57. The quantitative estimate of drug-likeness (QED) is 0.195. The summed E-state index contributed by atoms with van der Waals surface area (Å²) in [6.07, 6.45) is 4.87. The van der Waals surface area contributed by atoms with Crippen LogP contribution in [0.15, 0.2) is 59.1 Å². The van der Waals surface area contributed by atoms with E-state index in [-0.39, 0.29) is 24.0 Å². The lowest BCUT2D eigenvalue weighted by Crippen LogP contribution is -2.49. The summed E-state index contributed by atoms with van der Waals surface area (Å²) in [7, 11) is 1.52. The summed E-state index contributed by atoms with van der Waals surface area (Å²) in [6, 6.07) is 15.6. The smallest absolute Gasteiger partial charge is 0.258 e. The number of nitrogens with one attached hydrogen (secondary N) is 2. The van der Waals surface area contributed by atoms with Crippen molar-refractivity contribution in [1.82, 2.24) is 20.8 Å². The Labute approximate surface area is 276 Å². The van der Waals surface area contributed by atoms with Crippen LogP contribution in [0, 0.1) is 22.9 Å². The first-order valence-electron chi connectivity index (χ1n) is 16.4. The lowest BCUT2D eigenvalue weighted by molar-refractivity contribution is 0.0334. The van der Waals surface area contributed by atoms with E-state index in [2.05, 4.69) is 32.8 Å². The van der Waals surface area contributed by atoms with Crippen LogP contribution in [0.5, 0.6) is 11.5 Å². The Kier molecular flexibility index (Phi) is 8.76. The predicted molar refractivity (Wildman–Crippen MR) is 173 cm³/mol. The number of carbonyl (C=O) groups is 1. The first-order chi connectivity index (χ1) is 23.3. The Morgan fingerprint density at radius 3 is 2.42 bits per heavy atom. The fraction of sp³-hybridized carbons (Fsp3) is 0.417. The summed E-state index contributed by atoms with van der Waals surface area (Å²) in [5.41, 5.74) is 1.53. The molecule has 4 aromatic rings. The zero-order valence-electron chi connectivity index (χ0n) is 26.8. The third-order valence-corrected chi connectivity index (χ3v) is 10.4. The van der Waals surface area contributed by atoms with E-state index in [4.69, 9.17) is 19.0 Å². The molecule has 3 aromatic carbocycles. The number of aromatic nitrogens is 2. The van der Waals surface area contributed by atoms with E-state index in [1.54, 1.807) is 24.3 Å². The molecule has 12 heteroatoms. The van der Waals surface area contributed by atoms with Crippen LogP contribution in [0.3, 0.4) is 0 Å². The fourth-order valence-corrected chi connectivity index (χ4v) is 7.29. The number of hydrogen-bond donors (Lipinski definition) is 2. The average Bonchev–Trinajstić information content (AvgIpc) is 3.65. The molecule has 4 fully saturated rings. The summed E-state index contributed by atoms with van der Waals surface area (Å²) in [4.78, 5) is 20.2. The number of piperazine rings is 1. The lowest BCUT2D eigenvalue weighted by atomic mass is 9.53. The minimum Gasteiger partial charge on any atom is -0.497 e. The standard InChI is InChI=1S/C36H38F3N5O4/c1-46-26-7-5-23(6-8-26)21-47-31-28(37)20-27(29(38)30(31)39)32(45)41-22-35-9-12-36(13-10-35,14-11-35)34-42-33(48-43-34)24-3-2-4-25(19-24)44-17-15-40-16-18-44/h2-8,19-20,40H,9-18,21-22H2,1H3,(H,41,45). The summed E-state index contributed by atoms with van der Waals surface area (Å²) in [5, 5.41) is 10.6. The average molecular weight is 662 g/mol. The molecule has 2 N–H and O–H groups in total. The Morgan fingerprint density at radius 2 is 1.71 bits per heavy atom. The van der Waals surface area contributed by atoms with Crippen LogP contribution in [0.4, 0.5) is 18.9 Å². The molecule has 1 aromatic heterocycles. The molecule has 0 spiro atoms. The van der Waals surface area contributed by atoms with E-state index < -0.39 is 34.7 Å². The molecular weight excluding hydrogens is 623 g/mol. The van der Waals surface area contributed by atoms with E-state index in [0.29, 0.717) is 29.1 Å².